The number of aliphatic hydroxyl groups is 1. The summed E-state index contributed by atoms with van der Waals surface area (Å²) in [7, 11) is 1.59. The van der Waals surface area contributed by atoms with E-state index in [1.165, 1.54) is 0 Å². The molecule has 0 aliphatic heterocycles. The number of rotatable bonds is 7. The van der Waals surface area contributed by atoms with Crippen molar-refractivity contribution in [3.05, 3.63) is 59.9 Å². The van der Waals surface area contributed by atoms with E-state index >= 15 is 0 Å². The molecule has 1 unspecified atom stereocenters. The molecule has 9 heteroatoms. The van der Waals surface area contributed by atoms with Crippen LogP contribution in [0.15, 0.2) is 48.8 Å². The lowest BCUT2D eigenvalue weighted by molar-refractivity contribution is 0.116. The quantitative estimate of drug-likeness (QED) is 0.336. The first-order chi connectivity index (χ1) is 17.1. The number of fused-ring (bicyclic) bond motifs is 1. The summed E-state index contributed by atoms with van der Waals surface area (Å²) in [6.45, 7) is 0.575. The number of hydrogen-bond donors (Lipinski definition) is 3. The lowest BCUT2D eigenvalue weighted by Crippen LogP contribution is -2.36. The Morgan fingerprint density at radius 3 is 2.86 bits per heavy atom. The molecule has 1 aliphatic carbocycles. The van der Waals surface area contributed by atoms with Crippen molar-refractivity contribution in [2.24, 2.45) is 0 Å². The molecule has 1 saturated carbocycles. The van der Waals surface area contributed by atoms with Crippen LogP contribution in [0.4, 0.5) is 10.9 Å². The van der Waals surface area contributed by atoms with Crippen LogP contribution in [-0.2, 0) is 6.54 Å². The Hall–Kier alpha value is -3.74. The molecule has 178 valence electrons. The number of anilines is 2. The van der Waals surface area contributed by atoms with E-state index in [1.807, 2.05) is 12.1 Å². The molecule has 4 aromatic rings. The molecule has 8 nitrogen and oxygen atoms in total. The predicted molar refractivity (Wildman–Crippen MR) is 138 cm³/mol. The highest BCUT2D eigenvalue weighted by atomic mass is 32.1. The highest BCUT2D eigenvalue weighted by Crippen LogP contribution is 2.31. The van der Waals surface area contributed by atoms with Crippen molar-refractivity contribution in [3.63, 3.8) is 0 Å². The fourth-order valence-electron chi connectivity index (χ4n) is 4.33. The largest absolute Gasteiger partial charge is 0.496 e. The van der Waals surface area contributed by atoms with Crippen LogP contribution < -0.4 is 15.4 Å². The van der Waals surface area contributed by atoms with Crippen LogP contribution in [0.5, 0.6) is 5.75 Å². The molecule has 1 aliphatic rings. The van der Waals surface area contributed by atoms with E-state index in [9.17, 15) is 10.4 Å². The number of methoxy groups -OCH3 is 1. The third-order valence-corrected chi connectivity index (χ3v) is 7.15. The minimum Gasteiger partial charge on any atom is -0.496 e. The van der Waals surface area contributed by atoms with Crippen LogP contribution in [-0.4, -0.2) is 39.3 Å². The summed E-state index contributed by atoms with van der Waals surface area (Å²) in [6.07, 6.45) is 7.06. The van der Waals surface area contributed by atoms with Gasteiger partial charge < -0.3 is 20.5 Å². The van der Waals surface area contributed by atoms with E-state index in [-0.39, 0.29) is 12.1 Å². The van der Waals surface area contributed by atoms with Gasteiger partial charge in [-0.3, -0.25) is 4.98 Å². The van der Waals surface area contributed by atoms with Crippen molar-refractivity contribution >= 4 is 32.5 Å². The molecule has 35 heavy (non-hydrogen) atoms. The Bertz CT molecular complexity index is 1380. The molecule has 0 radical (unpaired) electrons. The van der Waals surface area contributed by atoms with Crippen LogP contribution in [0.25, 0.3) is 21.5 Å². The number of nitrogens with one attached hydrogen (secondary N) is 2. The third-order valence-electron chi connectivity index (χ3n) is 6.20. The summed E-state index contributed by atoms with van der Waals surface area (Å²) >= 11 is 1.61. The Kier molecular flexibility index (Phi) is 6.75. The summed E-state index contributed by atoms with van der Waals surface area (Å²) in [4.78, 5) is 13.7. The van der Waals surface area contributed by atoms with Gasteiger partial charge in [0, 0.05) is 12.1 Å². The number of thiazole rings is 1. The SMILES string of the molecule is COc1ccc(C#N)cc1-c1cncc(NCc2ccc3nc(NC4CCCC[C@H]4O)sc3c2)n1. The molecule has 1 fully saturated rings. The van der Waals surface area contributed by atoms with Crippen LogP contribution in [0.3, 0.4) is 0 Å². The molecule has 0 bridgehead atoms. The van der Waals surface area contributed by atoms with Gasteiger partial charge >= 0.3 is 0 Å². The molecule has 2 atom stereocenters. The van der Waals surface area contributed by atoms with Crippen molar-refractivity contribution in [3.8, 4) is 23.1 Å². The first-order valence-electron chi connectivity index (χ1n) is 11.6. The second-order valence-electron chi connectivity index (χ2n) is 8.59. The first-order valence-corrected chi connectivity index (χ1v) is 12.4. The summed E-state index contributed by atoms with van der Waals surface area (Å²) in [6, 6.07) is 13.6. The third kappa shape index (κ3) is 5.19. The molecular formula is C26H26N6O2S. The van der Waals surface area contributed by atoms with Gasteiger partial charge in [0.25, 0.3) is 0 Å². The highest BCUT2D eigenvalue weighted by molar-refractivity contribution is 7.22. The number of aromatic nitrogens is 3. The van der Waals surface area contributed by atoms with Crippen LogP contribution in [0.2, 0.25) is 0 Å². The van der Waals surface area contributed by atoms with E-state index in [0.717, 1.165) is 52.2 Å². The van der Waals surface area contributed by atoms with E-state index < -0.39 is 0 Å². The molecule has 2 aromatic heterocycles. The Morgan fingerprint density at radius 1 is 1.14 bits per heavy atom. The van der Waals surface area contributed by atoms with Gasteiger partial charge in [-0.2, -0.15) is 5.26 Å². The molecule has 3 N–H and O–H groups in total. The fraction of sp³-hybridized carbons (Fsp3) is 0.308. The molecule has 2 aromatic carbocycles. The smallest absolute Gasteiger partial charge is 0.184 e. The van der Waals surface area contributed by atoms with Crippen LogP contribution >= 0.6 is 11.3 Å². The maximum atomic E-state index is 10.2. The summed E-state index contributed by atoms with van der Waals surface area (Å²) in [5, 5.41) is 27.1. The van der Waals surface area contributed by atoms with Crippen molar-refractivity contribution < 1.29 is 9.84 Å². The topological polar surface area (TPSA) is 116 Å². The van der Waals surface area contributed by atoms with Gasteiger partial charge in [0.05, 0.1) is 59.2 Å². The Labute approximate surface area is 207 Å². The zero-order chi connectivity index (χ0) is 24.2. The van der Waals surface area contributed by atoms with E-state index in [1.54, 1.807) is 49.0 Å². The minimum absolute atomic E-state index is 0.0729. The van der Waals surface area contributed by atoms with Gasteiger partial charge in [-0.1, -0.05) is 30.2 Å². The van der Waals surface area contributed by atoms with Gasteiger partial charge in [-0.25, -0.2) is 9.97 Å². The van der Waals surface area contributed by atoms with Gasteiger partial charge in [-0.15, -0.1) is 0 Å². The van der Waals surface area contributed by atoms with E-state index in [0.29, 0.717) is 29.4 Å². The molecule has 0 saturated heterocycles. The molecule has 0 amide bonds. The molecule has 2 heterocycles. The van der Waals surface area contributed by atoms with Gasteiger partial charge in [0.1, 0.15) is 11.6 Å². The minimum atomic E-state index is -0.310. The molecule has 0 spiro atoms. The van der Waals surface area contributed by atoms with E-state index in [4.69, 9.17) is 9.72 Å². The second-order valence-corrected chi connectivity index (χ2v) is 9.62. The van der Waals surface area contributed by atoms with Gasteiger partial charge in [-0.05, 0) is 48.7 Å². The fourth-order valence-corrected chi connectivity index (χ4v) is 5.32. The summed E-state index contributed by atoms with van der Waals surface area (Å²) in [5.74, 6) is 1.27. The average molecular weight is 487 g/mol. The number of aliphatic hydroxyl groups excluding tert-OH is 1. The maximum absolute atomic E-state index is 10.2. The number of benzene rings is 2. The van der Waals surface area contributed by atoms with Crippen molar-refractivity contribution in [2.75, 3.05) is 17.7 Å². The standard InChI is InChI=1S/C26H26N6O2S/c1-34-23-9-7-16(12-27)10-18(23)21-14-28-15-25(30-21)29-13-17-6-8-20-24(11-17)35-26(32-20)31-19-4-2-3-5-22(19)33/h6-11,14-15,19,22,33H,2-5,13H2,1H3,(H,29,30)(H,31,32)/t19?,22-/m1/s1. The average Bonchev–Trinajstić information content (AvgIpc) is 3.30. The maximum Gasteiger partial charge on any atom is 0.184 e. The highest BCUT2D eigenvalue weighted by Gasteiger charge is 2.23. The number of hydrogen-bond acceptors (Lipinski definition) is 9. The monoisotopic (exact) mass is 486 g/mol. The van der Waals surface area contributed by atoms with Gasteiger partial charge in [0.2, 0.25) is 0 Å². The van der Waals surface area contributed by atoms with Crippen molar-refractivity contribution in [1.29, 1.82) is 5.26 Å². The normalized spacial score (nSPS) is 17.6. The lowest BCUT2D eigenvalue weighted by atomic mass is 9.93. The van der Waals surface area contributed by atoms with Crippen molar-refractivity contribution in [1.82, 2.24) is 15.0 Å². The number of nitrogens with zero attached hydrogens (tertiary/aromatic N) is 4. The summed E-state index contributed by atoms with van der Waals surface area (Å²) in [5.41, 5.74) is 3.92. The van der Waals surface area contributed by atoms with E-state index in [2.05, 4.69) is 32.7 Å². The zero-order valence-corrected chi connectivity index (χ0v) is 20.2. The molecule has 5 rings (SSSR count). The van der Waals surface area contributed by atoms with Crippen LogP contribution in [0, 0.1) is 11.3 Å². The Balaban J connectivity index is 1.30. The summed E-state index contributed by atoms with van der Waals surface area (Å²) < 4.78 is 6.54. The van der Waals surface area contributed by atoms with Crippen molar-refractivity contribution in [2.45, 2.75) is 44.4 Å². The number of ether oxygens (including phenoxy) is 1. The van der Waals surface area contributed by atoms with Gasteiger partial charge in [0.15, 0.2) is 5.13 Å². The van der Waals surface area contributed by atoms with Crippen LogP contribution in [0.1, 0.15) is 36.8 Å². The second kappa shape index (κ2) is 10.3. The lowest BCUT2D eigenvalue weighted by Gasteiger charge is -2.27. The first kappa shape index (κ1) is 23.0. The number of nitriles is 1. The zero-order valence-electron chi connectivity index (χ0n) is 19.4. The molecular weight excluding hydrogens is 460 g/mol. The predicted octanol–water partition coefficient (Wildman–Crippen LogP) is 4.96. The Morgan fingerprint density at radius 2 is 2.03 bits per heavy atom.